The zero-order chi connectivity index (χ0) is 14.4. The Balaban J connectivity index is 2.48. The summed E-state index contributed by atoms with van der Waals surface area (Å²) in [6.07, 6.45) is 0.466. The van der Waals surface area contributed by atoms with Gasteiger partial charge in [0.1, 0.15) is 11.7 Å². The number of benzene rings is 1. The van der Waals surface area contributed by atoms with Gasteiger partial charge >= 0.3 is 5.97 Å². The topological polar surface area (TPSA) is 66.4 Å². The highest BCUT2D eigenvalue weighted by Crippen LogP contribution is 2.11. The van der Waals surface area contributed by atoms with E-state index in [-0.39, 0.29) is 11.7 Å². The summed E-state index contributed by atoms with van der Waals surface area (Å²) < 4.78 is 12.9. The summed E-state index contributed by atoms with van der Waals surface area (Å²) in [5.41, 5.74) is 0.761. The van der Waals surface area contributed by atoms with Gasteiger partial charge in [-0.2, -0.15) is 0 Å². The van der Waals surface area contributed by atoms with Gasteiger partial charge in [0.25, 0.3) is 0 Å². The first-order chi connectivity index (χ1) is 8.91. The molecule has 1 rings (SSSR count). The lowest BCUT2D eigenvalue weighted by Gasteiger charge is -2.15. The smallest absolute Gasteiger partial charge is 0.316 e. The molecule has 1 aromatic rings. The van der Waals surface area contributed by atoms with Gasteiger partial charge in [0.15, 0.2) is 0 Å². The predicted octanol–water partition coefficient (Wildman–Crippen LogP) is 1.84. The van der Waals surface area contributed by atoms with Crippen LogP contribution in [0.1, 0.15) is 19.4 Å². The van der Waals surface area contributed by atoms with E-state index in [0.717, 1.165) is 5.56 Å². The third-order valence-corrected chi connectivity index (χ3v) is 2.82. The van der Waals surface area contributed by atoms with Gasteiger partial charge in [0.05, 0.1) is 0 Å². The number of carbonyl (C=O) groups excluding carboxylic acids is 1. The number of aliphatic carboxylic acids is 1. The molecule has 0 aromatic heterocycles. The van der Waals surface area contributed by atoms with Gasteiger partial charge in [0, 0.05) is 6.54 Å². The summed E-state index contributed by atoms with van der Waals surface area (Å²) >= 11 is 0. The molecule has 0 aliphatic rings. The van der Waals surface area contributed by atoms with Crippen molar-refractivity contribution in [3.8, 4) is 0 Å². The van der Waals surface area contributed by atoms with E-state index in [1.54, 1.807) is 26.0 Å². The molecule has 1 aromatic carbocycles. The Morgan fingerprint density at radius 2 is 2.05 bits per heavy atom. The highest BCUT2D eigenvalue weighted by atomic mass is 19.1. The maximum atomic E-state index is 12.9. The number of nitrogens with one attached hydrogen (secondary N) is 1. The number of amides is 1. The molecule has 0 aliphatic heterocycles. The van der Waals surface area contributed by atoms with Gasteiger partial charge in [-0.15, -0.1) is 0 Å². The Labute approximate surface area is 111 Å². The monoisotopic (exact) mass is 267 g/mol. The first kappa shape index (κ1) is 15.1. The Bertz CT molecular complexity index is 460. The molecule has 0 spiro atoms. The molecule has 4 nitrogen and oxygen atoms in total. The molecule has 19 heavy (non-hydrogen) atoms. The maximum absolute atomic E-state index is 12.9. The summed E-state index contributed by atoms with van der Waals surface area (Å²) in [5, 5.41) is 11.5. The summed E-state index contributed by atoms with van der Waals surface area (Å²) in [6.45, 7) is 3.66. The van der Waals surface area contributed by atoms with Crippen LogP contribution in [-0.4, -0.2) is 23.5 Å². The van der Waals surface area contributed by atoms with Crippen LogP contribution in [0.25, 0.3) is 0 Å². The molecular formula is C14H18FNO3. The second-order valence-corrected chi connectivity index (χ2v) is 4.73. The molecule has 0 aliphatic carbocycles. The van der Waals surface area contributed by atoms with Gasteiger partial charge in [0.2, 0.25) is 5.91 Å². The second-order valence-electron chi connectivity index (χ2n) is 4.73. The van der Waals surface area contributed by atoms with Gasteiger partial charge in [-0.05, 0) is 30.0 Å². The molecule has 104 valence electrons. The molecule has 2 N–H and O–H groups in total. The Morgan fingerprint density at radius 1 is 1.37 bits per heavy atom. The highest BCUT2D eigenvalue weighted by Gasteiger charge is 2.28. The van der Waals surface area contributed by atoms with E-state index in [0.29, 0.717) is 13.0 Å². The fraction of sp³-hybridized carbons (Fsp3) is 0.429. The van der Waals surface area contributed by atoms with E-state index in [9.17, 15) is 14.0 Å². The third kappa shape index (κ3) is 4.69. The van der Waals surface area contributed by atoms with Crippen molar-refractivity contribution in [3.05, 3.63) is 35.6 Å². The van der Waals surface area contributed by atoms with Crippen LogP contribution in [0.4, 0.5) is 4.39 Å². The molecule has 0 bridgehead atoms. The van der Waals surface area contributed by atoms with Crippen molar-refractivity contribution in [2.24, 2.45) is 11.8 Å². The number of hydrogen-bond acceptors (Lipinski definition) is 2. The van der Waals surface area contributed by atoms with E-state index in [4.69, 9.17) is 5.11 Å². The van der Waals surface area contributed by atoms with Crippen molar-refractivity contribution in [1.29, 1.82) is 0 Å². The molecule has 1 amide bonds. The lowest BCUT2D eigenvalue weighted by molar-refractivity contribution is -0.148. The molecular weight excluding hydrogens is 249 g/mol. The fourth-order valence-corrected chi connectivity index (χ4v) is 1.83. The Kier molecular flexibility index (Phi) is 5.48. The van der Waals surface area contributed by atoms with Gasteiger partial charge in [-0.25, -0.2) is 4.39 Å². The first-order valence-corrected chi connectivity index (χ1v) is 6.16. The van der Waals surface area contributed by atoms with Crippen molar-refractivity contribution >= 4 is 11.9 Å². The summed E-state index contributed by atoms with van der Waals surface area (Å²) in [5.74, 6) is -3.27. The maximum Gasteiger partial charge on any atom is 0.316 e. The number of rotatable bonds is 6. The number of carboxylic acids is 1. The van der Waals surface area contributed by atoms with E-state index in [1.807, 2.05) is 0 Å². The Hall–Kier alpha value is -1.91. The molecule has 0 heterocycles. The van der Waals surface area contributed by atoms with Crippen molar-refractivity contribution in [3.63, 3.8) is 0 Å². The summed E-state index contributed by atoms with van der Waals surface area (Å²) in [4.78, 5) is 22.7. The van der Waals surface area contributed by atoms with Crippen LogP contribution in [0.2, 0.25) is 0 Å². The van der Waals surface area contributed by atoms with Crippen molar-refractivity contribution in [1.82, 2.24) is 5.32 Å². The lowest BCUT2D eigenvalue weighted by Crippen LogP contribution is -2.39. The SMILES string of the molecule is CC(C)C(C(=O)O)C(=O)NCCc1cccc(F)c1. The number of hydrogen-bond donors (Lipinski definition) is 2. The van der Waals surface area contributed by atoms with Crippen molar-refractivity contribution in [2.75, 3.05) is 6.54 Å². The molecule has 5 heteroatoms. The third-order valence-electron chi connectivity index (χ3n) is 2.82. The number of carboxylic acid groups (broad SMARTS) is 1. The molecule has 0 saturated carbocycles. The van der Waals surface area contributed by atoms with Crippen LogP contribution >= 0.6 is 0 Å². The number of carbonyl (C=O) groups is 2. The van der Waals surface area contributed by atoms with Gasteiger partial charge < -0.3 is 10.4 Å². The standard InChI is InChI=1S/C14H18FNO3/c1-9(2)12(14(18)19)13(17)16-7-6-10-4-3-5-11(15)8-10/h3-5,8-9,12H,6-7H2,1-2H3,(H,16,17)(H,18,19). The fourth-order valence-electron chi connectivity index (χ4n) is 1.83. The summed E-state index contributed by atoms with van der Waals surface area (Å²) in [7, 11) is 0. The largest absolute Gasteiger partial charge is 0.481 e. The van der Waals surface area contributed by atoms with Gasteiger partial charge in [-0.3, -0.25) is 9.59 Å². The first-order valence-electron chi connectivity index (χ1n) is 6.16. The molecule has 0 radical (unpaired) electrons. The normalized spacial score (nSPS) is 12.2. The molecule has 0 fully saturated rings. The highest BCUT2D eigenvalue weighted by molar-refractivity contribution is 5.97. The molecule has 1 atom stereocenters. The number of halogens is 1. The zero-order valence-corrected chi connectivity index (χ0v) is 11.0. The minimum absolute atomic E-state index is 0.272. The second kappa shape index (κ2) is 6.87. The molecule has 0 saturated heterocycles. The van der Waals surface area contributed by atoms with Crippen LogP contribution in [0.5, 0.6) is 0 Å². The van der Waals surface area contributed by atoms with E-state index in [1.165, 1.54) is 12.1 Å². The molecule has 1 unspecified atom stereocenters. The van der Waals surface area contributed by atoms with Crippen molar-refractivity contribution in [2.45, 2.75) is 20.3 Å². The van der Waals surface area contributed by atoms with Crippen LogP contribution in [0.3, 0.4) is 0 Å². The van der Waals surface area contributed by atoms with Crippen LogP contribution in [-0.2, 0) is 16.0 Å². The predicted molar refractivity (Wildman–Crippen MR) is 69.1 cm³/mol. The average molecular weight is 267 g/mol. The summed E-state index contributed by atoms with van der Waals surface area (Å²) in [6, 6.07) is 6.09. The van der Waals surface area contributed by atoms with Crippen LogP contribution in [0.15, 0.2) is 24.3 Å². The van der Waals surface area contributed by atoms with E-state index >= 15 is 0 Å². The minimum atomic E-state index is -1.13. The quantitative estimate of drug-likeness (QED) is 0.773. The van der Waals surface area contributed by atoms with Crippen molar-refractivity contribution < 1.29 is 19.1 Å². The minimum Gasteiger partial charge on any atom is -0.481 e. The average Bonchev–Trinajstić information content (AvgIpc) is 2.27. The van der Waals surface area contributed by atoms with Crippen LogP contribution < -0.4 is 5.32 Å². The van der Waals surface area contributed by atoms with Gasteiger partial charge in [-0.1, -0.05) is 26.0 Å². The Morgan fingerprint density at radius 3 is 2.58 bits per heavy atom. The van der Waals surface area contributed by atoms with E-state index in [2.05, 4.69) is 5.32 Å². The lowest BCUT2D eigenvalue weighted by atomic mass is 9.95. The zero-order valence-electron chi connectivity index (χ0n) is 11.0. The van der Waals surface area contributed by atoms with Crippen LogP contribution in [0, 0.1) is 17.7 Å². The van der Waals surface area contributed by atoms with E-state index < -0.39 is 17.8 Å².